The van der Waals surface area contributed by atoms with Crippen molar-refractivity contribution in [2.24, 2.45) is 11.8 Å². The standard InChI is InChI=1S/C20H27N3O/c1-3-14-13-23-9-7-15(14)10-20(23)22-12-16-6-8-21-19-5-4-17(24-2)11-18(16)19/h4-6,8,11,14-15,20,22H,3,7,9-10,12-13H2,1-2H3/t14-,15-,20+/m0/s1. The molecule has 0 aliphatic carbocycles. The fourth-order valence-corrected chi connectivity index (χ4v) is 4.50. The van der Waals surface area contributed by atoms with Gasteiger partial charge in [-0.3, -0.25) is 15.2 Å². The van der Waals surface area contributed by atoms with E-state index in [1.54, 1.807) is 7.11 Å². The number of piperidine rings is 3. The number of nitrogens with one attached hydrogen (secondary N) is 1. The third-order valence-corrected chi connectivity index (χ3v) is 5.98. The maximum absolute atomic E-state index is 5.38. The molecule has 128 valence electrons. The highest BCUT2D eigenvalue weighted by Crippen LogP contribution is 2.37. The van der Waals surface area contributed by atoms with Crippen molar-refractivity contribution in [3.05, 3.63) is 36.0 Å². The van der Waals surface area contributed by atoms with Gasteiger partial charge in [0.25, 0.3) is 0 Å². The molecule has 2 aromatic rings. The van der Waals surface area contributed by atoms with Crippen molar-refractivity contribution in [2.75, 3.05) is 20.2 Å². The SMILES string of the molecule is CC[C@H]1CN2CC[C@H]1C[C@@H]2NCc1ccnc2ccc(OC)cc12. The molecule has 3 saturated heterocycles. The Labute approximate surface area is 144 Å². The fourth-order valence-electron chi connectivity index (χ4n) is 4.50. The molecule has 0 saturated carbocycles. The monoisotopic (exact) mass is 325 g/mol. The van der Waals surface area contributed by atoms with E-state index in [2.05, 4.69) is 34.3 Å². The number of rotatable bonds is 5. The third kappa shape index (κ3) is 2.89. The van der Waals surface area contributed by atoms with Gasteiger partial charge in [-0.05, 0) is 61.1 Å². The smallest absolute Gasteiger partial charge is 0.119 e. The lowest BCUT2D eigenvalue weighted by Gasteiger charge is -2.50. The van der Waals surface area contributed by atoms with Crippen LogP contribution in [0.4, 0.5) is 0 Å². The Hall–Kier alpha value is -1.65. The molecule has 24 heavy (non-hydrogen) atoms. The number of nitrogens with zero attached hydrogens (tertiary/aromatic N) is 2. The third-order valence-electron chi connectivity index (χ3n) is 5.98. The lowest BCUT2D eigenvalue weighted by molar-refractivity contribution is -0.0150. The van der Waals surface area contributed by atoms with E-state index in [0.717, 1.165) is 29.6 Å². The van der Waals surface area contributed by atoms with Crippen molar-refractivity contribution in [3.63, 3.8) is 0 Å². The summed E-state index contributed by atoms with van der Waals surface area (Å²) in [4.78, 5) is 7.13. The zero-order chi connectivity index (χ0) is 16.5. The summed E-state index contributed by atoms with van der Waals surface area (Å²) in [6, 6.07) is 8.23. The number of hydrogen-bond acceptors (Lipinski definition) is 4. The Balaban J connectivity index is 1.49. The normalized spacial score (nSPS) is 29.1. The first kappa shape index (κ1) is 15.9. The summed E-state index contributed by atoms with van der Waals surface area (Å²) in [7, 11) is 1.71. The molecule has 0 amide bonds. The van der Waals surface area contributed by atoms with Crippen molar-refractivity contribution in [1.29, 1.82) is 0 Å². The molecular weight excluding hydrogens is 298 g/mol. The van der Waals surface area contributed by atoms with Crippen LogP contribution in [0, 0.1) is 11.8 Å². The molecule has 4 nitrogen and oxygen atoms in total. The number of methoxy groups -OCH3 is 1. The van der Waals surface area contributed by atoms with E-state index in [1.165, 1.54) is 43.3 Å². The molecule has 5 rings (SSSR count). The number of ether oxygens (including phenoxy) is 1. The molecule has 1 N–H and O–H groups in total. The highest BCUT2D eigenvalue weighted by atomic mass is 16.5. The van der Waals surface area contributed by atoms with Crippen LogP contribution in [0.15, 0.2) is 30.5 Å². The Morgan fingerprint density at radius 3 is 3.00 bits per heavy atom. The molecule has 3 aliphatic heterocycles. The molecule has 1 unspecified atom stereocenters. The van der Waals surface area contributed by atoms with Crippen molar-refractivity contribution in [1.82, 2.24) is 15.2 Å². The Morgan fingerprint density at radius 2 is 2.25 bits per heavy atom. The van der Waals surface area contributed by atoms with Crippen LogP contribution in [0.1, 0.15) is 31.7 Å². The number of hydrogen-bond donors (Lipinski definition) is 1. The van der Waals surface area contributed by atoms with E-state index >= 15 is 0 Å². The van der Waals surface area contributed by atoms with Crippen LogP contribution in [-0.2, 0) is 6.54 Å². The van der Waals surface area contributed by atoms with Gasteiger partial charge >= 0.3 is 0 Å². The molecule has 1 aromatic heterocycles. The largest absolute Gasteiger partial charge is 0.497 e. The van der Waals surface area contributed by atoms with Gasteiger partial charge < -0.3 is 4.74 Å². The summed E-state index contributed by atoms with van der Waals surface area (Å²) < 4.78 is 5.38. The Bertz CT molecular complexity index is 717. The van der Waals surface area contributed by atoms with Crippen LogP contribution in [0.2, 0.25) is 0 Å². The number of pyridine rings is 1. The summed E-state index contributed by atoms with van der Waals surface area (Å²) in [6.45, 7) is 5.75. The van der Waals surface area contributed by atoms with Crippen LogP contribution in [0.5, 0.6) is 5.75 Å². The highest BCUT2D eigenvalue weighted by molar-refractivity contribution is 5.83. The van der Waals surface area contributed by atoms with Crippen molar-refractivity contribution >= 4 is 10.9 Å². The molecule has 0 radical (unpaired) electrons. The average molecular weight is 325 g/mol. The van der Waals surface area contributed by atoms with Gasteiger partial charge in [0.15, 0.2) is 0 Å². The first-order valence-corrected chi connectivity index (χ1v) is 9.17. The van der Waals surface area contributed by atoms with E-state index in [1.807, 2.05) is 18.3 Å². The van der Waals surface area contributed by atoms with E-state index in [4.69, 9.17) is 4.74 Å². The minimum atomic E-state index is 0.528. The molecule has 1 aromatic carbocycles. The molecule has 4 heterocycles. The maximum Gasteiger partial charge on any atom is 0.119 e. The van der Waals surface area contributed by atoms with Gasteiger partial charge in [-0.2, -0.15) is 0 Å². The van der Waals surface area contributed by atoms with E-state index < -0.39 is 0 Å². The molecule has 2 bridgehead atoms. The lowest BCUT2D eigenvalue weighted by Crippen LogP contribution is -2.58. The van der Waals surface area contributed by atoms with Gasteiger partial charge in [-0.15, -0.1) is 0 Å². The predicted octanol–water partition coefficient (Wildman–Crippen LogP) is 3.41. The highest BCUT2D eigenvalue weighted by Gasteiger charge is 2.38. The quantitative estimate of drug-likeness (QED) is 0.914. The van der Waals surface area contributed by atoms with Gasteiger partial charge in [0.1, 0.15) is 5.75 Å². The summed E-state index contributed by atoms with van der Waals surface area (Å²) >= 11 is 0. The van der Waals surface area contributed by atoms with Gasteiger partial charge in [0.05, 0.1) is 18.8 Å². The van der Waals surface area contributed by atoms with Crippen LogP contribution >= 0.6 is 0 Å². The average Bonchev–Trinajstić information content (AvgIpc) is 2.66. The van der Waals surface area contributed by atoms with Crippen LogP contribution in [0.3, 0.4) is 0 Å². The van der Waals surface area contributed by atoms with Crippen molar-refractivity contribution in [3.8, 4) is 5.75 Å². The number of aromatic nitrogens is 1. The molecule has 3 aliphatic rings. The van der Waals surface area contributed by atoms with Crippen molar-refractivity contribution in [2.45, 2.75) is 38.9 Å². The second-order valence-corrected chi connectivity index (χ2v) is 7.20. The minimum absolute atomic E-state index is 0.528. The predicted molar refractivity (Wildman–Crippen MR) is 97.0 cm³/mol. The van der Waals surface area contributed by atoms with E-state index in [0.29, 0.717) is 6.17 Å². The summed E-state index contributed by atoms with van der Waals surface area (Å²) in [5, 5.41) is 4.99. The van der Waals surface area contributed by atoms with Gasteiger partial charge in [-0.25, -0.2) is 0 Å². The molecular formula is C20H27N3O. The summed E-state index contributed by atoms with van der Waals surface area (Å²) in [5.74, 6) is 2.71. The second-order valence-electron chi connectivity index (χ2n) is 7.20. The maximum atomic E-state index is 5.38. The Kier molecular flexibility index (Phi) is 4.42. The van der Waals surface area contributed by atoms with E-state index in [-0.39, 0.29) is 0 Å². The van der Waals surface area contributed by atoms with Gasteiger partial charge in [0, 0.05) is 24.7 Å². The molecule has 4 atom stereocenters. The second kappa shape index (κ2) is 6.69. The Morgan fingerprint density at radius 1 is 1.33 bits per heavy atom. The molecule has 3 fully saturated rings. The van der Waals surface area contributed by atoms with Gasteiger partial charge in [0.2, 0.25) is 0 Å². The zero-order valence-electron chi connectivity index (χ0n) is 14.7. The first-order valence-electron chi connectivity index (χ1n) is 9.17. The van der Waals surface area contributed by atoms with E-state index in [9.17, 15) is 0 Å². The van der Waals surface area contributed by atoms with Crippen LogP contribution in [0.25, 0.3) is 10.9 Å². The molecule has 4 heteroatoms. The number of fused-ring (bicyclic) bond motifs is 4. The topological polar surface area (TPSA) is 37.4 Å². The first-order chi connectivity index (χ1) is 11.8. The van der Waals surface area contributed by atoms with Gasteiger partial charge in [-0.1, -0.05) is 13.3 Å². The fraction of sp³-hybridized carbons (Fsp3) is 0.550. The number of benzene rings is 1. The minimum Gasteiger partial charge on any atom is -0.497 e. The molecule has 0 spiro atoms. The van der Waals surface area contributed by atoms with Crippen LogP contribution < -0.4 is 10.1 Å². The summed E-state index contributed by atoms with van der Waals surface area (Å²) in [6.07, 6.45) is 6.44. The zero-order valence-corrected chi connectivity index (χ0v) is 14.7. The summed E-state index contributed by atoms with van der Waals surface area (Å²) in [5.41, 5.74) is 2.33. The van der Waals surface area contributed by atoms with Crippen LogP contribution in [-0.4, -0.2) is 36.2 Å². The lowest BCUT2D eigenvalue weighted by atomic mass is 9.76. The van der Waals surface area contributed by atoms with Crippen molar-refractivity contribution < 1.29 is 4.74 Å².